The molecule has 2 aromatic carbocycles. The van der Waals surface area contributed by atoms with Gasteiger partial charge in [0.15, 0.2) is 11.5 Å². The number of ether oxygens (including phenoxy) is 4. The molecule has 0 N–H and O–H groups in total. The average molecular weight is 482 g/mol. The Kier molecular flexibility index (Phi) is 8.16. The number of hydrogen-bond donors (Lipinski definition) is 0. The Morgan fingerprint density at radius 1 is 0.971 bits per heavy atom. The predicted octanol–water partition coefficient (Wildman–Crippen LogP) is 4.97. The molecular formula is C28H35NO6. The van der Waals surface area contributed by atoms with Gasteiger partial charge in [-0.1, -0.05) is 25.7 Å². The summed E-state index contributed by atoms with van der Waals surface area (Å²) in [7, 11) is 4.60. The Bertz CT molecular complexity index is 1030. The number of carbonyl (C=O) groups excluding carboxylic acids is 2. The molecule has 7 heteroatoms. The minimum Gasteiger partial charge on any atom is -0.493 e. The zero-order valence-corrected chi connectivity index (χ0v) is 20.9. The minimum atomic E-state index is -0.391. The van der Waals surface area contributed by atoms with E-state index in [-0.39, 0.29) is 11.9 Å². The van der Waals surface area contributed by atoms with Crippen LogP contribution >= 0.6 is 0 Å². The summed E-state index contributed by atoms with van der Waals surface area (Å²) in [5.74, 6) is 2.40. The summed E-state index contributed by atoms with van der Waals surface area (Å²) in [6, 6.07) is 10.6. The van der Waals surface area contributed by atoms with E-state index in [2.05, 4.69) is 0 Å². The normalized spacial score (nSPS) is 17.6. The molecule has 1 saturated carbocycles. The number of carbonyl (C=O) groups is 2. The molecule has 1 aliphatic heterocycles. The second-order valence-corrected chi connectivity index (χ2v) is 9.28. The molecule has 188 valence electrons. The zero-order chi connectivity index (χ0) is 24.8. The summed E-state index contributed by atoms with van der Waals surface area (Å²) < 4.78 is 22.0. The lowest BCUT2D eigenvalue weighted by Crippen LogP contribution is -2.42. The highest BCUT2D eigenvalue weighted by molar-refractivity contribution is 5.89. The van der Waals surface area contributed by atoms with Crippen molar-refractivity contribution in [1.29, 1.82) is 0 Å². The van der Waals surface area contributed by atoms with Crippen molar-refractivity contribution in [2.45, 2.75) is 51.0 Å². The van der Waals surface area contributed by atoms with Gasteiger partial charge in [-0.2, -0.15) is 0 Å². The number of hydrogen-bond acceptors (Lipinski definition) is 6. The maximum atomic E-state index is 13.4. The van der Waals surface area contributed by atoms with Gasteiger partial charge >= 0.3 is 5.97 Å². The molecule has 2 aromatic rings. The third kappa shape index (κ3) is 5.72. The highest BCUT2D eigenvalue weighted by Crippen LogP contribution is 2.39. The first-order valence-corrected chi connectivity index (χ1v) is 12.4. The van der Waals surface area contributed by atoms with E-state index in [1.54, 1.807) is 38.5 Å². The van der Waals surface area contributed by atoms with Crippen molar-refractivity contribution in [2.24, 2.45) is 5.92 Å². The van der Waals surface area contributed by atoms with Crippen LogP contribution in [-0.2, 0) is 16.0 Å². The predicted molar refractivity (Wildman–Crippen MR) is 132 cm³/mol. The molecule has 2 aliphatic rings. The van der Waals surface area contributed by atoms with E-state index in [1.807, 2.05) is 17.0 Å². The number of methoxy groups -OCH3 is 3. The van der Waals surface area contributed by atoms with Gasteiger partial charge in [-0.25, -0.2) is 4.79 Å². The van der Waals surface area contributed by atoms with Crippen LogP contribution in [0.5, 0.6) is 17.2 Å². The third-order valence-corrected chi connectivity index (χ3v) is 7.25. The van der Waals surface area contributed by atoms with Gasteiger partial charge in [0.25, 0.3) is 0 Å². The fourth-order valence-electron chi connectivity index (χ4n) is 5.26. The van der Waals surface area contributed by atoms with Crippen LogP contribution in [0.25, 0.3) is 0 Å². The fourth-order valence-corrected chi connectivity index (χ4v) is 5.26. The van der Waals surface area contributed by atoms with E-state index in [0.29, 0.717) is 48.3 Å². The van der Waals surface area contributed by atoms with Gasteiger partial charge in [-0.05, 0) is 66.3 Å². The van der Waals surface area contributed by atoms with E-state index in [0.717, 1.165) is 24.0 Å². The Labute approximate surface area is 207 Å². The quantitative estimate of drug-likeness (QED) is 0.471. The average Bonchev–Trinajstić information content (AvgIpc) is 3.43. The Balaban J connectivity index is 1.55. The second-order valence-electron chi connectivity index (χ2n) is 9.28. The van der Waals surface area contributed by atoms with Gasteiger partial charge in [0.05, 0.1) is 32.9 Å². The molecule has 0 spiro atoms. The third-order valence-electron chi connectivity index (χ3n) is 7.25. The van der Waals surface area contributed by atoms with Crippen LogP contribution in [0.4, 0.5) is 0 Å². The summed E-state index contributed by atoms with van der Waals surface area (Å²) >= 11 is 0. The lowest BCUT2D eigenvalue weighted by atomic mass is 9.91. The highest BCUT2D eigenvalue weighted by Gasteiger charge is 2.33. The van der Waals surface area contributed by atoms with Crippen molar-refractivity contribution in [2.75, 3.05) is 34.5 Å². The number of benzene rings is 2. The van der Waals surface area contributed by atoms with Crippen molar-refractivity contribution in [1.82, 2.24) is 4.90 Å². The minimum absolute atomic E-state index is 0.173. The van der Waals surface area contributed by atoms with Crippen molar-refractivity contribution in [3.8, 4) is 17.2 Å². The number of rotatable bonds is 9. The van der Waals surface area contributed by atoms with Gasteiger partial charge in [0.2, 0.25) is 5.91 Å². The number of esters is 1. The van der Waals surface area contributed by atoms with E-state index < -0.39 is 5.97 Å². The largest absolute Gasteiger partial charge is 0.493 e. The molecule has 1 amide bonds. The zero-order valence-electron chi connectivity index (χ0n) is 20.9. The smallest absolute Gasteiger partial charge is 0.337 e. The van der Waals surface area contributed by atoms with Gasteiger partial charge in [0.1, 0.15) is 12.4 Å². The van der Waals surface area contributed by atoms with Crippen LogP contribution in [0.3, 0.4) is 0 Å². The van der Waals surface area contributed by atoms with Crippen LogP contribution in [-0.4, -0.2) is 51.3 Å². The van der Waals surface area contributed by atoms with Gasteiger partial charge < -0.3 is 23.8 Å². The molecule has 0 aromatic heterocycles. The molecule has 1 atom stereocenters. The second kappa shape index (κ2) is 11.5. The molecule has 0 radical (unpaired) electrons. The summed E-state index contributed by atoms with van der Waals surface area (Å²) in [5, 5.41) is 0. The molecule has 7 nitrogen and oxygen atoms in total. The maximum Gasteiger partial charge on any atom is 0.337 e. The summed E-state index contributed by atoms with van der Waals surface area (Å²) in [6.45, 7) is 0.941. The van der Waals surface area contributed by atoms with E-state index >= 15 is 0 Å². The van der Waals surface area contributed by atoms with Crippen LogP contribution in [0, 0.1) is 5.92 Å². The molecule has 0 bridgehead atoms. The lowest BCUT2D eigenvalue weighted by Gasteiger charge is -2.38. The summed E-state index contributed by atoms with van der Waals surface area (Å²) in [6.07, 6.45) is 7.32. The summed E-state index contributed by atoms with van der Waals surface area (Å²) in [5.41, 5.74) is 2.62. The first kappa shape index (κ1) is 24.9. The van der Waals surface area contributed by atoms with E-state index in [4.69, 9.17) is 18.9 Å². The van der Waals surface area contributed by atoms with Crippen molar-refractivity contribution < 1.29 is 28.5 Å². The van der Waals surface area contributed by atoms with Crippen molar-refractivity contribution in [3.05, 3.63) is 53.1 Å². The van der Waals surface area contributed by atoms with Crippen LogP contribution in [0.1, 0.15) is 66.1 Å². The molecule has 0 saturated heterocycles. The number of fused-ring (bicyclic) bond motifs is 1. The molecule has 4 rings (SSSR count). The van der Waals surface area contributed by atoms with Crippen LogP contribution in [0.2, 0.25) is 0 Å². The van der Waals surface area contributed by atoms with Crippen LogP contribution < -0.4 is 14.2 Å². The molecule has 35 heavy (non-hydrogen) atoms. The highest BCUT2D eigenvalue weighted by atomic mass is 16.5. The van der Waals surface area contributed by atoms with Crippen LogP contribution in [0.15, 0.2) is 36.4 Å². The van der Waals surface area contributed by atoms with E-state index in [9.17, 15) is 9.59 Å². The molecule has 0 unspecified atom stereocenters. The number of amides is 1. The SMILES string of the molecule is COC(=O)c1ccc(OC[C@@H]2c3cc(OC)c(OC)cc3CCN2C(=O)CCC2CCCC2)cc1. The molecule has 1 aliphatic carbocycles. The van der Waals surface area contributed by atoms with Crippen molar-refractivity contribution >= 4 is 11.9 Å². The van der Waals surface area contributed by atoms with Gasteiger partial charge in [0, 0.05) is 13.0 Å². The number of nitrogens with zero attached hydrogens (tertiary/aromatic N) is 1. The molecule has 1 heterocycles. The van der Waals surface area contributed by atoms with Crippen molar-refractivity contribution in [3.63, 3.8) is 0 Å². The van der Waals surface area contributed by atoms with E-state index in [1.165, 1.54) is 32.8 Å². The Morgan fingerprint density at radius 2 is 1.66 bits per heavy atom. The maximum absolute atomic E-state index is 13.4. The topological polar surface area (TPSA) is 74.3 Å². The first-order chi connectivity index (χ1) is 17.0. The first-order valence-electron chi connectivity index (χ1n) is 12.4. The fraction of sp³-hybridized carbons (Fsp3) is 0.500. The standard InChI is InChI=1S/C28H35NO6/c1-32-25-16-21-14-15-29(27(30)13-8-19-6-4-5-7-19)24(23(21)17-26(25)33-2)18-35-22-11-9-20(10-12-22)28(31)34-3/h9-12,16-17,19,24H,4-8,13-15,18H2,1-3H3/t24-/m1/s1. The summed E-state index contributed by atoms with van der Waals surface area (Å²) in [4.78, 5) is 27.1. The Hall–Kier alpha value is -3.22. The Morgan fingerprint density at radius 3 is 2.31 bits per heavy atom. The monoisotopic (exact) mass is 481 g/mol. The lowest BCUT2D eigenvalue weighted by molar-refractivity contribution is -0.135. The molecular weight excluding hydrogens is 446 g/mol. The van der Waals surface area contributed by atoms with Gasteiger partial charge in [-0.3, -0.25) is 4.79 Å². The molecule has 1 fully saturated rings. The van der Waals surface area contributed by atoms with Gasteiger partial charge in [-0.15, -0.1) is 0 Å².